The summed E-state index contributed by atoms with van der Waals surface area (Å²) < 4.78 is 82.0. The second-order valence-electron chi connectivity index (χ2n) is 6.79. The van der Waals surface area contributed by atoms with Crippen molar-refractivity contribution in [3.05, 3.63) is 64.5 Å². The summed E-state index contributed by atoms with van der Waals surface area (Å²) in [5.74, 6) is 1.42. The minimum absolute atomic E-state index is 0.0397. The van der Waals surface area contributed by atoms with Gasteiger partial charge in [-0.25, -0.2) is 13.2 Å². The number of ether oxygens (including phenoxy) is 3. The molecule has 0 radical (unpaired) electrons. The van der Waals surface area contributed by atoms with Crippen LogP contribution in [0.3, 0.4) is 0 Å². The van der Waals surface area contributed by atoms with E-state index < -0.39 is 41.7 Å². The smallest absolute Gasteiger partial charge is 0.387 e. The molecule has 0 N–H and O–H groups in total. The number of benzene rings is 2. The van der Waals surface area contributed by atoms with Gasteiger partial charge in [0.05, 0.1) is 18.8 Å². The fourth-order valence-electron chi connectivity index (χ4n) is 3.06. The van der Waals surface area contributed by atoms with E-state index >= 15 is 0 Å². The van der Waals surface area contributed by atoms with Gasteiger partial charge in [0.1, 0.15) is 11.6 Å². The molecule has 0 unspecified atom stereocenters. The third-order valence-corrected chi connectivity index (χ3v) is 4.48. The molecule has 3 rings (SSSR count). The first-order chi connectivity index (χ1) is 14.4. The molecule has 0 spiro atoms. The van der Waals surface area contributed by atoms with Gasteiger partial charge in [-0.3, -0.25) is 0 Å². The van der Waals surface area contributed by atoms with Crippen LogP contribution in [0.4, 0.5) is 22.0 Å². The number of halogens is 5. The van der Waals surface area contributed by atoms with Crippen LogP contribution < -0.4 is 4.74 Å². The third-order valence-electron chi connectivity index (χ3n) is 4.48. The van der Waals surface area contributed by atoms with Gasteiger partial charge in [-0.2, -0.15) is 8.78 Å². The Hall–Kier alpha value is -2.63. The van der Waals surface area contributed by atoms with Crippen molar-refractivity contribution in [3.63, 3.8) is 0 Å². The van der Waals surface area contributed by atoms with E-state index in [1.807, 2.05) is 0 Å². The Morgan fingerprint density at radius 3 is 2.23 bits per heavy atom. The molecule has 1 saturated heterocycles. The minimum atomic E-state index is -3.17. The lowest BCUT2D eigenvalue weighted by atomic mass is 10.0. The van der Waals surface area contributed by atoms with Crippen molar-refractivity contribution >= 4 is 0 Å². The van der Waals surface area contributed by atoms with Crippen LogP contribution in [0.15, 0.2) is 30.3 Å². The lowest BCUT2D eigenvalue weighted by molar-refractivity contribution is -0.206. The maximum atomic E-state index is 14.4. The Kier molecular flexibility index (Phi) is 7.29. The van der Waals surface area contributed by atoms with Crippen LogP contribution in [0.1, 0.15) is 42.7 Å². The number of rotatable bonds is 5. The molecule has 2 aromatic rings. The van der Waals surface area contributed by atoms with Crippen molar-refractivity contribution in [2.75, 3.05) is 13.2 Å². The van der Waals surface area contributed by atoms with Gasteiger partial charge in [0.15, 0.2) is 17.9 Å². The topological polar surface area (TPSA) is 27.7 Å². The highest BCUT2D eigenvalue weighted by Crippen LogP contribution is 2.29. The van der Waals surface area contributed by atoms with Crippen molar-refractivity contribution < 1.29 is 36.2 Å². The molecule has 0 aliphatic carbocycles. The highest BCUT2D eigenvalue weighted by Gasteiger charge is 2.25. The minimum Gasteiger partial charge on any atom is -0.432 e. The normalized spacial score (nSPS) is 18.8. The molecule has 1 aliphatic rings. The molecule has 0 aromatic heterocycles. The van der Waals surface area contributed by atoms with Gasteiger partial charge < -0.3 is 14.2 Å². The lowest BCUT2D eigenvalue weighted by Gasteiger charge is -2.29. The molecule has 2 aromatic carbocycles. The van der Waals surface area contributed by atoms with E-state index in [0.717, 1.165) is 37.1 Å². The van der Waals surface area contributed by atoms with Crippen molar-refractivity contribution in [2.45, 2.75) is 32.7 Å². The monoisotopic (exact) mass is 426 g/mol. The molecule has 1 fully saturated rings. The van der Waals surface area contributed by atoms with Gasteiger partial charge in [-0.15, -0.1) is 0 Å². The van der Waals surface area contributed by atoms with E-state index in [4.69, 9.17) is 9.47 Å². The Labute approximate surface area is 170 Å². The third kappa shape index (κ3) is 5.49. The first-order valence-corrected chi connectivity index (χ1v) is 9.36. The first-order valence-electron chi connectivity index (χ1n) is 9.36. The highest BCUT2D eigenvalue weighted by molar-refractivity contribution is 5.46. The van der Waals surface area contributed by atoms with Crippen molar-refractivity contribution in [1.29, 1.82) is 0 Å². The van der Waals surface area contributed by atoms with Gasteiger partial charge in [0.2, 0.25) is 0 Å². The fourth-order valence-corrected chi connectivity index (χ4v) is 3.06. The SMILES string of the molecule is CCCC1COC(c2cc(F)c(C#Cc3ccc(OC(F)F)c(F)c3)c(F)c2)OC1. The van der Waals surface area contributed by atoms with E-state index in [9.17, 15) is 22.0 Å². The lowest BCUT2D eigenvalue weighted by Crippen LogP contribution is -2.27. The molecule has 0 atom stereocenters. The van der Waals surface area contributed by atoms with Crippen LogP contribution in [0.25, 0.3) is 0 Å². The summed E-state index contributed by atoms with van der Waals surface area (Å²) in [5, 5.41) is 0. The Balaban J connectivity index is 1.75. The summed E-state index contributed by atoms with van der Waals surface area (Å²) in [7, 11) is 0. The summed E-state index contributed by atoms with van der Waals surface area (Å²) >= 11 is 0. The molecule has 1 heterocycles. The predicted octanol–water partition coefficient (Wildman–Crippen LogP) is 5.57. The molecule has 1 aliphatic heterocycles. The summed E-state index contributed by atoms with van der Waals surface area (Å²) in [6, 6.07) is 5.17. The zero-order valence-electron chi connectivity index (χ0n) is 16.1. The van der Waals surface area contributed by atoms with Crippen LogP contribution in [0, 0.1) is 35.2 Å². The second-order valence-corrected chi connectivity index (χ2v) is 6.79. The highest BCUT2D eigenvalue weighted by atomic mass is 19.3. The molecular weight excluding hydrogens is 407 g/mol. The fraction of sp³-hybridized carbons (Fsp3) is 0.364. The first kappa shape index (κ1) is 22.1. The van der Waals surface area contributed by atoms with Gasteiger partial charge in [-0.05, 0) is 36.8 Å². The Morgan fingerprint density at radius 1 is 1.00 bits per heavy atom. The van der Waals surface area contributed by atoms with Crippen LogP contribution in [-0.2, 0) is 9.47 Å². The van der Waals surface area contributed by atoms with Gasteiger partial charge in [-0.1, -0.05) is 25.2 Å². The zero-order chi connectivity index (χ0) is 21.7. The summed E-state index contributed by atoms with van der Waals surface area (Å²) in [6.07, 6.45) is 1.07. The van der Waals surface area contributed by atoms with Crippen molar-refractivity contribution in [2.24, 2.45) is 5.92 Å². The number of alkyl halides is 2. The van der Waals surface area contributed by atoms with E-state index in [1.165, 1.54) is 6.07 Å². The molecule has 0 amide bonds. The van der Waals surface area contributed by atoms with Crippen molar-refractivity contribution in [1.82, 2.24) is 0 Å². The van der Waals surface area contributed by atoms with Crippen LogP contribution in [-0.4, -0.2) is 19.8 Å². The van der Waals surface area contributed by atoms with E-state index in [0.29, 0.717) is 13.2 Å². The summed E-state index contributed by atoms with van der Waals surface area (Å²) in [5.41, 5.74) is -0.269. The molecule has 30 heavy (non-hydrogen) atoms. The second kappa shape index (κ2) is 9.92. The standard InChI is InChI=1S/C22H19F5O3/c1-2-3-14-11-28-21(29-12-14)15-9-17(23)16(18(24)10-15)6-4-13-5-7-20(19(25)8-13)30-22(26)27/h5,7-10,14,21-22H,2-3,11-12H2,1H3. The van der Waals surface area contributed by atoms with Gasteiger partial charge in [0, 0.05) is 17.0 Å². The molecule has 3 nitrogen and oxygen atoms in total. The van der Waals surface area contributed by atoms with Crippen LogP contribution in [0.5, 0.6) is 5.75 Å². The quantitative estimate of drug-likeness (QED) is 0.462. The summed E-state index contributed by atoms with van der Waals surface area (Å²) in [4.78, 5) is 0. The molecule has 0 bridgehead atoms. The summed E-state index contributed by atoms with van der Waals surface area (Å²) in [6.45, 7) is -0.232. The molecular formula is C22H19F5O3. The van der Waals surface area contributed by atoms with Gasteiger partial charge >= 0.3 is 6.61 Å². The van der Waals surface area contributed by atoms with Gasteiger partial charge in [0.25, 0.3) is 0 Å². The average molecular weight is 426 g/mol. The molecule has 0 saturated carbocycles. The Bertz CT molecular complexity index is 921. The Morgan fingerprint density at radius 2 is 1.67 bits per heavy atom. The number of hydrogen-bond donors (Lipinski definition) is 0. The maximum Gasteiger partial charge on any atom is 0.387 e. The average Bonchev–Trinajstić information content (AvgIpc) is 2.70. The van der Waals surface area contributed by atoms with E-state index in [-0.39, 0.29) is 17.0 Å². The largest absolute Gasteiger partial charge is 0.432 e. The molecule has 8 heteroatoms. The maximum absolute atomic E-state index is 14.4. The zero-order valence-corrected chi connectivity index (χ0v) is 16.1. The van der Waals surface area contributed by atoms with E-state index in [1.54, 1.807) is 0 Å². The predicted molar refractivity (Wildman–Crippen MR) is 98.4 cm³/mol. The van der Waals surface area contributed by atoms with Crippen LogP contribution in [0.2, 0.25) is 0 Å². The number of hydrogen-bond acceptors (Lipinski definition) is 3. The van der Waals surface area contributed by atoms with E-state index in [2.05, 4.69) is 23.5 Å². The molecule has 160 valence electrons. The van der Waals surface area contributed by atoms with Crippen LogP contribution >= 0.6 is 0 Å². The van der Waals surface area contributed by atoms with Crippen molar-refractivity contribution in [3.8, 4) is 17.6 Å².